The van der Waals surface area contributed by atoms with Crippen LogP contribution in [0.4, 0.5) is 14.5 Å². The van der Waals surface area contributed by atoms with Crippen LogP contribution >= 0.6 is 15.9 Å². The highest BCUT2D eigenvalue weighted by molar-refractivity contribution is 9.10. The molecule has 3 N–H and O–H groups in total. The van der Waals surface area contributed by atoms with Crippen LogP contribution in [0.1, 0.15) is 12.0 Å². The van der Waals surface area contributed by atoms with Crippen LogP contribution in [0.15, 0.2) is 22.7 Å². The molecule has 1 saturated heterocycles. The minimum atomic E-state index is -3.14. The van der Waals surface area contributed by atoms with Gasteiger partial charge in [0.2, 0.25) is 11.8 Å². The number of carbonyl (C=O) groups is 2. The van der Waals surface area contributed by atoms with E-state index in [0.717, 1.165) is 10.0 Å². The third-order valence-corrected chi connectivity index (χ3v) is 4.66. The molecule has 1 aliphatic rings. The van der Waals surface area contributed by atoms with Crippen molar-refractivity contribution in [2.45, 2.75) is 19.3 Å². The first kappa shape index (κ1) is 17.8. The number of hydrogen-bond acceptors (Lipinski definition) is 3. The predicted octanol–water partition coefficient (Wildman–Crippen LogP) is 1.82. The van der Waals surface area contributed by atoms with E-state index in [0.29, 0.717) is 5.69 Å². The van der Waals surface area contributed by atoms with Crippen molar-refractivity contribution >= 4 is 33.4 Å². The van der Waals surface area contributed by atoms with Gasteiger partial charge in [-0.2, -0.15) is 0 Å². The molecule has 1 heterocycles. The Morgan fingerprint density at radius 3 is 2.83 bits per heavy atom. The molecule has 5 nitrogen and oxygen atoms in total. The van der Waals surface area contributed by atoms with Gasteiger partial charge >= 0.3 is 0 Å². The van der Waals surface area contributed by atoms with Crippen molar-refractivity contribution in [3.63, 3.8) is 0 Å². The summed E-state index contributed by atoms with van der Waals surface area (Å²) < 4.78 is 27.1. The number of rotatable bonds is 5. The zero-order valence-corrected chi connectivity index (χ0v) is 14.2. The Hall–Kier alpha value is -1.54. The lowest BCUT2D eigenvalue weighted by atomic mass is 10.1. The Labute approximate surface area is 141 Å². The second-order valence-corrected chi connectivity index (χ2v) is 6.47. The minimum Gasteiger partial charge on any atom is -0.350 e. The number of aryl methyl sites for hydroxylation is 1. The molecule has 1 fully saturated rings. The summed E-state index contributed by atoms with van der Waals surface area (Å²) in [6, 6.07) is 5.44. The average Bonchev–Trinajstić information content (AvgIpc) is 2.90. The average molecular weight is 390 g/mol. The molecule has 1 aliphatic heterocycles. The second-order valence-electron chi connectivity index (χ2n) is 5.62. The van der Waals surface area contributed by atoms with Gasteiger partial charge in [0.25, 0.3) is 5.92 Å². The molecular formula is C15H18BrF2N3O2. The van der Waals surface area contributed by atoms with Gasteiger partial charge in [-0.15, -0.1) is 0 Å². The maximum absolute atomic E-state index is 13.1. The van der Waals surface area contributed by atoms with Gasteiger partial charge in [-0.25, -0.2) is 8.78 Å². The molecule has 0 saturated carbocycles. The molecule has 0 spiro atoms. The van der Waals surface area contributed by atoms with E-state index in [-0.39, 0.29) is 18.9 Å². The summed E-state index contributed by atoms with van der Waals surface area (Å²) in [5, 5.41) is 2.17. The molecule has 0 bridgehead atoms. The molecule has 2 rings (SSSR count). The maximum Gasteiger partial charge on any atom is 0.277 e. The van der Waals surface area contributed by atoms with Crippen LogP contribution in [0.3, 0.4) is 0 Å². The number of carbonyl (C=O) groups excluding carboxylic acids is 2. The third-order valence-electron chi connectivity index (χ3n) is 3.77. The van der Waals surface area contributed by atoms with Crippen molar-refractivity contribution in [1.82, 2.24) is 5.32 Å². The van der Waals surface area contributed by atoms with E-state index >= 15 is 0 Å². The van der Waals surface area contributed by atoms with E-state index in [1.54, 1.807) is 6.07 Å². The van der Waals surface area contributed by atoms with Crippen molar-refractivity contribution in [1.29, 1.82) is 0 Å². The fraction of sp³-hybridized carbons (Fsp3) is 0.467. The first-order chi connectivity index (χ1) is 10.7. The Morgan fingerprint density at radius 2 is 2.22 bits per heavy atom. The summed E-state index contributed by atoms with van der Waals surface area (Å²) in [5.74, 6) is -4.53. The van der Waals surface area contributed by atoms with Crippen LogP contribution in [0, 0.1) is 12.8 Å². The van der Waals surface area contributed by atoms with Crippen LogP contribution in [0.5, 0.6) is 0 Å². The molecule has 1 unspecified atom stereocenters. The molecule has 0 aromatic heterocycles. The van der Waals surface area contributed by atoms with Crippen LogP contribution in [0.2, 0.25) is 0 Å². The van der Waals surface area contributed by atoms with Gasteiger partial charge in [-0.1, -0.05) is 15.9 Å². The summed E-state index contributed by atoms with van der Waals surface area (Å²) in [6.07, 6.45) is 0.00907. The van der Waals surface area contributed by atoms with Gasteiger partial charge in [0.05, 0.1) is 19.0 Å². The van der Waals surface area contributed by atoms with Gasteiger partial charge in [-0.3, -0.25) is 9.59 Å². The van der Waals surface area contributed by atoms with E-state index in [1.165, 1.54) is 4.90 Å². The van der Waals surface area contributed by atoms with Crippen molar-refractivity contribution < 1.29 is 18.4 Å². The molecule has 126 valence electrons. The smallest absolute Gasteiger partial charge is 0.277 e. The van der Waals surface area contributed by atoms with E-state index in [4.69, 9.17) is 5.73 Å². The number of anilines is 1. The lowest BCUT2D eigenvalue weighted by Crippen LogP contribution is -2.44. The molecule has 1 aromatic carbocycles. The number of nitrogens with zero attached hydrogens (tertiary/aromatic N) is 1. The first-order valence-electron chi connectivity index (χ1n) is 7.15. The zero-order valence-electron chi connectivity index (χ0n) is 12.6. The molecule has 23 heavy (non-hydrogen) atoms. The maximum atomic E-state index is 13.1. The summed E-state index contributed by atoms with van der Waals surface area (Å²) in [7, 11) is 0. The van der Waals surface area contributed by atoms with Gasteiger partial charge in [-0.05, 0) is 30.7 Å². The Kier molecular flexibility index (Phi) is 5.36. The van der Waals surface area contributed by atoms with E-state index in [9.17, 15) is 18.4 Å². The standard InChI is InChI=1S/C15H18BrF2N3O2/c1-9-4-11(2-3-12(9)16)21-6-10(5-13(21)22)14(23)20-8-15(17,18)7-19/h2-4,10H,5-8,19H2,1H3,(H,20,23). The normalized spacial score (nSPS) is 18.4. The summed E-state index contributed by atoms with van der Waals surface area (Å²) in [6.45, 7) is 0.429. The lowest BCUT2D eigenvalue weighted by molar-refractivity contribution is -0.127. The van der Waals surface area contributed by atoms with Gasteiger partial charge in [0.15, 0.2) is 0 Å². The fourth-order valence-electron chi connectivity index (χ4n) is 2.36. The third kappa shape index (κ3) is 4.26. The van der Waals surface area contributed by atoms with Gasteiger partial charge < -0.3 is 16.0 Å². The van der Waals surface area contributed by atoms with Crippen molar-refractivity contribution in [3.05, 3.63) is 28.2 Å². The fourth-order valence-corrected chi connectivity index (χ4v) is 2.61. The largest absolute Gasteiger partial charge is 0.350 e. The molecular weight excluding hydrogens is 372 g/mol. The van der Waals surface area contributed by atoms with Crippen LogP contribution in [-0.2, 0) is 9.59 Å². The summed E-state index contributed by atoms with van der Waals surface area (Å²) in [5.41, 5.74) is 6.58. The Morgan fingerprint density at radius 1 is 1.52 bits per heavy atom. The molecule has 1 atom stereocenters. The van der Waals surface area contributed by atoms with Crippen molar-refractivity contribution in [2.24, 2.45) is 11.7 Å². The van der Waals surface area contributed by atoms with Crippen LogP contribution < -0.4 is 16.0 Å². The quantitative estimate of drug-likeness (QED) is 0.806. The number of hydrogen-bond donors (Lipinski definition) is 2. The number of amides is 2. The molecule has 1 aromatic rings. The minimum absolute atomic E-state index is 0.00907. The molecule has 8 heteroatoms. The van der Waals surface area contributed by atoms with Crippen LogP contribution in [0.25, 0.3) is 0 Å². The number of alkyl halides is 2. The SMILES string of the molecule is Cc1cc(N2CC(C(=O)NCC(F)(F)CN)CC2=O)ccc1Br. The topological polar surface area (TPSA) is 75.4 Å². The highest BCUT2D eigenvalue weighted by atomic mass is 79.9. The lowest BCUT2D eigenvalue weighted by Gasteiger charge is -2.19. The second kappa shape index (κ2) is 6.92. The van der Waals surface area contributed by atoms with E-state index < -0.39 is 30.8 Å². The summed E-state index contributed by atoms with van der Waals surface area (Å²) >= 11 is 3.39. The molecule has 2 amide bonds. The number of nitrogens with one attached hydrogen (secondary N) is 1. The predicted molar refractivity (Wildman–Crippen MR) is 86.4 cm³/mol. The summed E-state index contributed by atoms with van der Waals surface area (Å²) in [4.78, 5) is 25.6. The van der Waals surface area contributed by atoms with Gasteiger partial charge in [0.1, 0.15) is 0 Å². The number of nitrogens with two attached hydrogens (primary N) is 1. The molecule has 0 radical (unpaired) electrons. The van der Waals surface area contributed by atoms with Crippen molar-refractivity contribution in [2.75, 3.05) is 24.5 Å². The molecule has 0 aliphatic carbocycles. The number of benzene rings is 1. The Bertz CT molecular complexity index is 625. The highest BCUT2D eigenvalue weighted by Crippen LogP contribution is 2.28. The number of halogens is 3. The first-order valence-corrected chi connectivity index (χ1v) is 7.95. The van der Waals surface area contributed by atoms with Crippen LogP contribution in [-0.4, -0.2) is 37.4 Å². The zero-order chi connectivity index (χ0) is 17.2. The monoisotopic (exact) mass is 389 g/mol. The van der Waals surface area contributed by atoms with Gasteiger partial charge in [0, 0.05) is 23.1 Å². The van der Waals surface area contributed by atoms with E-state index in [2.05, 4.69) is 21.2 Å². The highest BCUT2D eigenvalue weighted by Gasteiger charge is 2.36. The Balaban J connectivity index is 2.01. The van der Waals surface area contributed by atoms with E-state index in [1.807, 2.05) is 19.1 Å². The van der Waals surface area contributed by atoms with Crippen molar-refractivity contribution in [3.8, 4) is 0 Å².